The van der Waals surface area contributed by atoms with Crippen LogP contribution in [-0.4, -0.2) is 23.9 Å². The summed E-state index contributed by atoms with van der Waals surface area (Å²) >= 11 is 0. The van der Waals surface area contributed by atoms with Crippen LogP contribution in [-0.2, 0) is 4.79 Å². The third-order valence-electron chi connectivity index (χ3n) is 2.96. The Hall–Kier alpha value is -1.95. The molecule has 6 heteroatoms. The van der Waals surface area contributed by atoms with Crippen LogP contribution in [0, 0.1) is 23.0 Å². The summed E-state index contributed by atoms with van der Waals surface area (Å²) in [5.41, 5.74) is 1.08. The second kappa shape index (κ2) is 5.14. The predicted octanol–water partition coefficient (Wildman–Crippen LogP) is 1.45. The van der Waals surface area contributed by atoms with Gasteiger partial charge in [-0.3, -0.25) is 14.9 Å². The number of hydrogen-bond donors (Lipinski definition) is 2. The fraction of sp³-hybridized carbons (Fsp3) is 0.417. The third kappa shape index (κ3) is 2.84. The maximum Gasteiger partial charge on any atom is 0.292 e. The Labute approximate surface area is 105 Å². The zero-order valence-electron chi connectivity index (χ0n) is 10.1. The molecule has 1 fully saturated rings. The highest BCUT2D eigenvalue weighted by atomic mass is 16.6. The van der Waals surface area contributed by atoms with Gasteiger partial charge in [0.05, 0.1) is 4.92 Å². The molecular weight excluding hydrogens is 234 g/mol. The lowest BCUT2D eigenvalue weighted by atomic mass is 9.99. The Morgan fingerprint density at radius 2 is 2.28 bits per heavy atom. The van der Waals surface area contributed by atoms with Crippen molar-refractivity contribution >= 4 is 17.3 Å². The smallest absolute Gasteiger partial charge is 0.292 e. The summed E-state index contributed by atoms with van der Waals surface area (Å²) in [6.07, 6.45) is 0.401. The van der Waals surface area contributed by atoms with Crippen LogP contribution in [0.3, 0.4) is 0 Å². The van der Waals surface area contributed by atoms with E-state index >= 15 is 0 Å². The van der Waals surface area contributed by atoms with Gasteiger partial charge in [0.15, 0.2) is 0 Å². The van der Waals surface area contributed by atoms with Crippen molar-refractivity contribution in [2.45, 2.75) is 13.3 Å². The minimum absolute atomic E-state index is 0.0688. The maximum atomic E-state index is 11.7. The molecule has 0 aromatic heterocycles. The second-order valence-electron chi connectivity index (χ2n) is 4.55. The molecule has 1 amide bonds. The normalized spacial score (nSPS) is 14.9. The van der Waals surface area contributed by atoms with Gasteiger partial charge < -0.3 is 10.6 Å². The number of nitro groups is 1. The van der Waals surface area contributed by atoms with Gasteiger partial charge in [-0.25, -0.2) is 0 Å². The minimum Gasteiger partial charge on any atom is -0.320 e. The first-order valence-corrected chi connectivity index (χ1v) is 5.82. The van der Waals surface area contributed by atoms with Crippen LogP contribution in [0.25, 0.3) is 0 Å². The molecule has 1 saturated heterocycles. The van der Waals surface area contributed by atoms with E-state index in [1.807, 2.05) is 6.92 Å². The third-order valence-corrected chi connectivity index (χ3v) is 2.96. The topological polar surface area (TPSA) is 84.3 Å². The molecule has 1 aromatic carbocycles. The molecule has 0 radical (unpaired) electrons. The summed E-state index contributed by atoms with van der Waals surface area (Å²) in [7, 11) is 0. The van der Waals surface area contributed by atoms with E-state index in [0.717, 1.165) is 18.7 Å². The number of hydrogen-bond acceptors (Lipinski definition) is 4. The summed E-state index contributed by atoms with van der Waals surface area (Å²) in [5.74, 6) is 0.170. The quantitative estimate of drug-likeness (QED) is 0.624. The zero-order chi connectivity index (χ0) is 13.1. The number of carbonyl (C=O) groups excluding carboxylic acids is 1. The highest BCUT2D eigenvalue weighted by Gasteiger charge is 2.22. The average Bonchev–Trinajstić information content (AvgIpc) is 2.23. The molecule has 1 heterocycles. The molecule has 96 valence electrons. The number of nitrogens with zero attached hydrogens (tertiary/aromatic N) is 1. The first-order chi connectivity index (χ1) is 8.56. The van der Waals surface area contributed by atoms with Crippen molar-refractivity contribution in [1.29, 1.82) is 0 Å². The van der Waals surface area contributed by atoms with Gasteiger partial charge in [0.2, 0.25) is 5.91 Å². The molecule has 0 bridgehead atoms. The van der Waals surface area contributed by atoms with E-state index in [4.69, 9.17) is 0 Å². The van der Waals surface area contributed by atoms with Crippen molar-refractivity contribution in [3.8, 4) is 0 Å². The number of nitro benzene ring substituents is 1. The van der Waals surface area contributed by atoms with Crippen molar-refractivity contribution in [1.82, 2.24) is 5.32 Å². The van der Waals surface area contributed by atoms with Gasteiger partial charge in [-0.15, -0.1) is 0 Å². The molecule has 0 aliphatic carbocycles. The van der Waals surface area contributed by atoms with Gasteiger partial charge in [0.1, 0.15) is 5.69 Å². The van der Waals surface area contributed by atoms with Gasteiger partial charge in [0.25, 0.3) is 5.69 Å². The van der Waals surface area contributed by atoms with E-state index in [0.29, 0.717) is 12.3 Å². The van der Waals surface area contributed by atoms with Gasteiger partial charge >= 0.3 is 0 Å². The average molecular weight is 249 g/mol. The standard InChI is InChI=1S/C12H15N3O3/c1-8-2-3-11(15(17)18)10(4-8)14-12(16)5-9-6-13-7-9/h2-4,9,13H,5-7H2,1H3,(H,14,16). The Bertz CT molecular complexity index is 483. The molecule has 0 spiro atoms. The number of amides is 1. The second-order valence-corrected chi connectivity index (χ2v) is 4.55. The molecule has 2 rings (SSSR count). The summed E-state index contributed by atoms with van der Waals surface area (Å²) in [4.78, 5) is 22.1. The van der Waals surface area contributed by atoms with E-state index < -0.39 is 4.92 Å². The van der Waals surface area contributed by atoms with Crippen LogP contribution < -0.4 is 10.6 Å². The number of carbonyl (C=O) groups is 1. The highest BCUT2D eigenvalue weighted by Crippen LogP contribution is 2.25. The molecule has 2 N–H and O–H groups in total. The first-order valence-electron chi connectivity index (χ1n) is 5.82. The zero-order valence-corrected chi connectivity index (χ0v) is 10.1. The molecule has 0 saturated carbocycles. The van der Waals surface area contributed by atoms with E-state index in [1.54, 1.807) is 12.1 Å². The van der Waals surface area contributed by atoms with Crippen molar-refractivity contribution in [3.05, 3.63) is 33.9 Å². The van der Waals surface area contributed by atoms with Gasteiger partial charge in [-0.05, 0) is 37.6 Å². The van der Waals surface area contributed by atoms with E-state index in [9.17, 15) is 14.9 Å². The molecule has 1 aliphatic rings. The highest BCUT2D eigenvalue weighted by molar-refractivity contribution is 5.93. The number of nitrogens with one attached hydrogen (secondary N) is 2. The largest absolute Gasteiger partial charge is 0.320 e. The van der Waals surface area contributed by atoms with Crippen LogP contribution in [0.5, 0.6) is 0 Å². The minimum atomic E-state index is -0.486. The number of anilines is 1. The first kappa shape index (κ1) is 12.5. The van der Waals surface area contributed by atoms with E-state index in [1.165, 1.54) is 6.07 Å². The molecule has 6 nitrogen and oxygen atoms in total. The van der Waals surface area contributed by atoms with Crippen LogP contribution in [0.1, 0.15) is 12.0 Å². The Balaban J connectivity index is 2.08. The Kier molecular flexibility index (Phi) is 3.57. The van der Waals surface area contributed by atoms with Crippen LogP contribution >= 0.6 is 0 Å². The summed E-state index contributed by atoms with van der Waals surface area (Å²) in [6.45, 7) is 3.50. The molecule has 1 aliphatic heterocycles. The lowest BCUT2D eigenvalue weighted by Crippen LogP contribution is -2.43. The van der Waals surface area contributed by atoms with Gasteiger partial charge in [-0.2, -0.15) is 0 Å². The number of benzene rings is 1. The summed E-state index contributed by atoms with van der Waals surface area (Å²) in [5, 5.41) is 16.6. The Morgan fingerprint density at radius 3 is 2.83 bits per heavy atom. The van der Waals surface area contributed by atoms with Crippen molar-refractivity contribution in [3.63, 3.8) is 0 Å². The SMILES string of the molecule is Cc1ccc([N+](=O)[O-])c(NC(=O)CC2CNC2)c1. The maximum absolute atomic E-state index is 11.7. The van der Waals surface area contributed by atoms with Gasteiger partial charge in [-0.1, -0.05) is 6.07 Å². The van der Waals surface area contributed by atoms with Crippen molar-refractivity contribution < 1.29 is 9.72 Å². The van der Waals surface area contributed by atoms with E-state index in [-0.39, 0.29) is 17.3 Å². The number of aryl methyl sites for hydroxylation is 1. The molecule has 0 atom stereocenters. The number of rotatable bonds is 4. The molecule has 0 unspecified atom stereocenters. The fourth-order valence-electron chi connectivity index (χ4n) is 1.87. The van der Waals surface area contributed by atoms with Crippen LogP contribution in [0.4, 0.5) is 11.4 Å². The van der Waals surface area contributed by atoms with Crippen molar-refractivity contribution in [2.24, 2.45) is 5.92 Å². The summed E-state index contributed by atoms with van der Waals surface area (Å²) in [6, 6.07) is 4.69. The molecule has 18 heavy (non-hydrogen) atoms. The monoisotopic (exact) mass is 249 g/mol. The summed E-state index contributed by atoms with van der Waals surface area (Å²) < 4.78 is 0. The van der Waals surface area contributed by atoms with Crippen LogP contribution in [0.2, 0.25) is 0 Å². The molecule has 1 aromatic rings. The lowest BCUT2D eigenvalue weighted by molar-refractivity contribution is -0.383. The fourth-order valence-corrected chi connectivity index (χ4v) is 1.87. The van der Waals surface area contributed by atoms with Crippen molar-refractivity contribution in [2.75, 3.05) is 18.4 Å². The molecular formula is C12H15N3O3. The van der Waals surface area contributed by atoms with Crippen LogP contribution in [0.15, 0.2) is 18.2 Å². The Morgan fingerprint density at radius 1 is 1.56 bits per heavy atom. The predicted molar refractivity (Wildman–Crippen MR) is 67.4 cm³/mol. The van der Waals surface area contributed by atoms with E-state index in [2.05, 4.69) is 10.6 Å². The lowest BCUT2D eigenvalue weighted by Gasteiger charge is -2.26. The van der Waals surface area contributed by atoms with Gasteiger partial charge in [0, 0.05) is 12.5 Å².